The SMILES string of the molecule is NCCCn1cc(CCC(=O)Nc2ccnc(S(=O)(=O)NC(=O)Nc3c4c(cc5c3CCC5)CCC4)c2)nn1. The monoisotopic (exact) mass is 552 g/mol. The zero-order valence-corrected chi connectivity index (χ0v) is 22.4. The molecule has 2 aromatic heterocycles. The van der Waals surface area contributed by atoms with Crippen LogP contribution in [-0.2, 0) is 53.5 Å². The molecule has 0 saturated carbocycles. The maximum absolute atomic E-state index is 13.0. The Hall–Kier alpha value is -3.84. The summed E-state index contributed by atoms with van der Waals surface area (Å²) in [5, 5.41) is 13.2. The standard InChI is InChI=1S/C26H32N8O4S/c27-11-3-13-34-16-20(31-33-34)8-9-23(35)29-19-10-12-28-24(15-19)39(37,38)32-26(36)30-25-21-6-1-4-17(21)14-18-5-2-7-22(18)25/h10,12,14-16H,1-9,11,13,27H2,(H,28,29,35)(H2,30,32,36). The molecule has 39 heavy (non-hydrogen) atoms. The van der Waals surface area contributed by atoms with Crippen LogP contribution in [0.2, 0.25) is 0 Å². The second kappa shape index (κ2) is 11.5. The Balaban J connectivity index is 1.20. The summed E-state index contributed by atoms with van der Waals surface area (Å²) in [7, 11) is -4.28. The summed E-state index contributed by atoms with van der Waals surface area (Å²) < 4.78 is 29.7. The van der Waals surface area contributed by atoms with Crippen LogP contribution in [-0.4, -0.2) is 46.9 Å². The van der Waals surface area contributed by atoms with Gasteiger partial charge in [-0.25, -0.2) is 14.5 Å². The first-order valence-electron chi connectivity index (χ1n) is 13.2. The van der Waals surface area contributed by atoms with E-state index in [-0.39, 0.29) is 23.0 Å². The molecule has 2 heterocycles. The Morgan fingerprint density at radius 1 is 1.03 bits per heavy atom. The number of fused-ring (bicyclic) bond motifs is 2. The van der Waals surface area contributed by atoms with Crippen LogP contribution in [0.5, 0.6) is 0 Å². The molecule has 5 N–H and O–H groups in total. The minimum atomic E-state index is -4.28. The van der Waals surface area contributed by atoms with E-state index in [9.17, 15) is 18.0 Å². The Bertz CT molecular complexity index is 1470. The minimum absolute atomic E-state index is 0.131. The van der Waals surface area contributed by atoms with Crippen LogP contribution in [0.3, 0.4) is 0 Å². The largest absolute Gasteiger partial charge is 0.333 e. The highest BCUT2D eigenvalue weighted by Gasteiger charge is 2.27. The minimum Gasteiger partial charge on any atom is -0.330 e. The molecule has 5 rings (SSSR count). The summed E-state index contributed by atoms with van der Waals surface area (Å²) in [4.78, 5) is 29.2. The number of carbonyl (C=O) groups is 2. The predicted octanol–water partition coefficient (Wildman–Crippen LogP) is 2.08. The van der Waals surface area contributed by atoms with E-state index < -0.39 is 16.1 Å². The van der Waals surface area contributed by atoms with E-state index >= 15 is 0 Å². The molecule has 3 aromatic rings. The van der Waals surface area contributed by atoms with Gasteiger partial charge in [0.2, 0.25) is 5.91 Å². The van der Waals surface area contributed by atoms with Crippen molar-refractivity contribution in [2.75, 3.05) is 17.2 Å². The molecule has 206 valence electrons. The van der Waals surface area contributed by atoms with Crippen LogP contribution in [0.15, 0.2) is 35.6 Å². The van der Waals surface area contributed by atoms with E-state index in [4.69, 9.17) is 5.73 Å². The van der Waals surface area contributed by atoms with Crippen molar-refractivity contribution in [1.82, 2.24) is 24.7 Å². The highest BCUT2D eigenvalue weighted by molar-refractivity contribution is 7.90. The molecule has 0 spiro atoms. The van der Waals surface area contributed by atoms with Gasteiger partial charge in [0.15, 0.2) is 5.03 Å². The molecular formula is C26H32N8O4S. The molecule has 0 aliphatic heterocycles. The van der Waals surface area contributed by atoms with Crippen molar-refractivity contribution in [3.63, 3.8) is 0 Å². The van der Waals surface area contributed by atoms with Crippen molar-refractivity contribution < 1.29 is 18.0 Å². The third-order valence-corrected chi connectivity index (χ3v) is 8.25. The number of urea groups is 1. The van der Waals surface area contributed by atoms with Gasteiger partial charge < -0.3 is 16.4 Å². The van der Waals surface area contributed by atoms with Gasteiger partial charge in [-0.3, -0.25) is 9.48 Å². The lowest BCUT2D eigenvalue weighted by Gasteiger charge is -2.16. The molecule has 2 aliphatic carbocycles. The maximum Gasteiger partial charge on any atom is 0.333 e. The second-order valence-corrected chi connectivity index (χ2v) is 11.5. The first-order valence-corrected chi connectivity index (χ1v) is 14.7. The zero-order chi connectivity index (χ0) is 27.4. The van der Waals surface area contributed by atoms with Crippen LogP contribution < -0.4 is 21.1 Å². The summed E-state index contributed by atoms with van der Waals surface area (Å²) in [5.41, 5.74) is 11.8. The summed E-state index contributed by atoms with van der Waals surface area (Å²) >= 11 is 0. The fourth-order valence-electron chi connectivity index (χ4n) is 5.20. The van der Waals surface area contributed by atoms with Crippen molar-refractivity contribution in [2.45, 2.75) is 69.4 Å². The van der Waals surface area contributed by atoms with E-state index in [1.54, 1.807) is 10.9 Å². The van der Waals surface area contributed by atoms with E-state index in [2.05, 4.69) is 36.7 Å². The molecule has 0 unspecified atom stereocenters. The average Bonchev–Trinajstić information content (AvgIpc) is 3.67. The van der Waals surface area contributed by atoms with Crippen LogP contribution in [0.4, 0.5) is 16.2 Å². The van der Waals surface area contributed by atoms with E-state index in [0.29, 0.717) is 25.2 Å². The Morgan fingerprint density at radius 3 is 2.49 bits per heavy atom. The lowest BCUT2D eigenvalue weighted by Crippen LogP contribution is -2.35. The second-order valence-electron chi connectivity index (χ2n) is 9.84. The smallest absolute Gasteiger partial charge is 0.330 e. The molecular weight excluding hydrogens is 520 g/mol. The lowest BCUT2D eigenvalue weighted by molar-refractivity contribution is -0.116. The number of pyridine rings is 1. The van der Waals surface area contributed by atoms with Crippen LogP contribution in [0.1, 0.15) is 53.6 Å². The number of hydrogen-bond acceptors (Lipinski definition) is 8. The summed E-state index contributed by atoms with van der Waals surface area (Å²) in [5.74, 6) is -0.321. The molecule has 12 nitrogen and oxygen atoms in total. The third kappa shape index (κ3) is 6.25. The number of nitrogens with zero attached hydrogens (tertiary/aromatic N) is 4. The van der Waals surface area contributed by atoms with Crippen molar-refractivity contribution in [3.8, 4) is 0 Å². The summed E-state index contributed by atoms with van der Waals surface area (Å²) in [6.07, 6.45) is 10.0. The van der Waals surface area contributed by atoms with E-state index in [1.165, 1.54) is 29.5 Å². The third-order valence-electron chi connectivity index (χ3n) is 7.02. The molecule has 3 amide bonds. The predicted molar refractivity (Wildman–Crippen MR) is 145 cm³/mol. The number of rotatable bonds is 10. The number of benzene rings is 1. The van der Waals surface area contributed by atoms with Gasteiger partial charge in [0.25, 0.3) is 10.0 Å². The van der Waals surface area contributed by atoms with Gasteiger partial charge in [-0.2, -0.15) is 8.42 Å². The number of anilines is 2. The first-order chi connectivity index (χ1) is 18.8. The number of aromatic nitrogens is 4. The van der Waals surface area contributed by atoms with Gasteiger partial charge in [0, 0.05) is 49.2 Å². The van der Waals surface area contributed by atoms with Crippen molar-refractivity contribution in [2.24, 2.45) is 5.73 Å². The number of hydrogen-bond donors (Lipinski definition) is 4. The van der Waals surface area contributed by atoms with Gasteiger partial charge in [-0.05, 0) is 79.8 Å². The highest BCUT2D eigenvalue weighted by Crippen LogP contribution is 2.38. The molecule has 1 aromatic carbocycles. The van der Waals surface area contributed by atoms with E-state index in [0.717, 1.165) is 61.8 Å². The van der Waals surface area contributed by atoms with Gasteiger partial charge in [-0.15, -0.1) is 5.10 Å². The topological polar surface area (TPSA) is 174 Å². The van der Waals surface area contributed by atoms with Crippen molar-refractivity contribution in [3.05, 3.63) is 58.5 Å². The zero-order valence-electron chi connectivity index (χ0n) is 21.6. The maximum atomic E-state index is 13.0. The molecule has 2 aliphatic rings. The van der Waals surface area contributed by atoms with Gasteiger partial charge in [0.05, 0.1) is 5.69 Å². The van der Waals surface area contributed by atoms with Crippen molar-refractivity contribution >= 4 is 33.3 Å². The molecule has 0 saturated heterocycles. The molecule has 0 atom stereocenters. The quantitative estimate of drug-likeness (QED) is 0.296. The number of sulfonamides is 1. The lowest BCUT2D eigenvalue weighted by atomic mass is 9.99. The average molecular weight is 553 g/mol. The highest BCUT2D eigenvalue weighted by atomic mass is 32.2. The normalized spacial score (nSPS) is 14.1. The number of aryl methyl sites for hydroxylation is 4. The molecule has 0 fully saturated rings. The molecule has 0 bridgehead atoms. The molecule has 13 heteroatoms. The van der Waals surface area contributed by atoms with Crippen LogP contribution in [0.25, 0.3) is 0 Å². The fraction of sp³-hybridized carbons (Fsp3) is 0.423. The van der Waals surface area contributed by atoms with Crippen molar-refractivity contribution in [1.29, 1.82) is 0 Å². The molecule has 0 radical (unpaired) electrons. The number of nitrogens with two attached hydrogens (primary N) is 1. The summed E-state index contributed by atoms with van der Waals surface area (Å²) in [6, 6.07) is 4.10. The van der Waals surface area contributed by atoms with Crippen LogP contribution in [0, 0.1) is 0 Å². The Kier molecular flexibility index (Phi) is 7.89. The van der Waals surface area contributed by atoms with E-state index in [1.807, 2.05) is 0 Å². The number of nitrogens with one attached hydrogen (secondary N) is 3. The Labute approximate surface area is 226 Å². The fourth-order valence-corrected chi connectivity index (χ4v) is 6.08. The summed E-state index contributed by atoms with van der Waals surface area (Å²) in [6.45, 7) is 1.21. The Morgan fingerprint density at radius 2 is 1.77 bits per heavy atom. The number of carbonyl (C=O) groups excluding carboxylic acids is 2. The van der Waals surface area contributed by atoms with Crippen LogP contribution >= 0.6 is 0 Å². The first kappa shape index (κ1) is 26.8. The van der Waals surface area contributed by atoms with Gasteiger partial charge >= 0.3 is 6.03 Å². The van der Waals surface area contributed by atoms with Gasteiger partial charge in [0.1, 0.15) is 0 Å². The number of amides is 3. The van der Waals surface area contributed by atoms with Gasteiger partial charge in [-0.1, -0.05) is 11.3 Å².